The molecule has 1 aromatic rings. The third-order valence-electron chi connectivity index (χ3n) is 4.50. The first-order valence-corrected chi connectivity index (χ1v) is 8.17. The van der Waals surface area contributed by atoms with Crippen LogP contribution in [0.25, 0.3) is 0 Å². The Labute approximate surface area is 131 Å². The van der Waals surface area contributed by atoms with Crippen molar-refractivity contribution in [1.82, 2.24) is 19.8 Å². The van der Waals surface area contributed by atoms with Gasteiger partial charge in [0.2, 0.25) is 5.91 Å². The molecule has 0 radical (unpaired) electrons. The van der Waals surface area contributed by atoms with Gasteiger partial charge in [0, 0.05) is 44.3 Å². The lowest BCUT2D eigenvalue weighted by molar-refractivity contribution is -0.133. The van der Waals surface area contributed by atoms with E-state index in [0.717, 1.165) is 57.6 Å². The van der Waals surface area contributed by atoms with Crippen molar-refractivity contribution in [3.05, 3.63) is 24.3 Å². The molecule has 2 saturated heterocycles. The molecular formula is C16H24N4O2. The summed E-state index contributed by atoms with van der Waals surface area (Å²) in [5.41, 5.74) is 0.999. The number of morpholine rings is 1. The molecule has 0 saturated carbocycles. The van der Waals surface area contributed by atoms with Crippen molar-refractivity contribution in [2.45, 2.75) is 31.7 Å². The second-order valence-corrected chi connectivity index (χ2v) is 6.02. The Morgan fingerprint density at radius 1 is 1.27 bits per heavy atom. The summed E-state index contributed by atoms with van der Waals surface area (Å²) in [4.78, 5) is 25.0. The van der Waals surface area contributed by atoms with Crippen molar-refractivity contribution in [3.8, 4) is 0 Å². The van der Waals surface area contributed by atoms with Crippen LogP contribution >= 0.6 is 0 Å². The van der Waals surface area contributed by atoms with Crippen LogP contribution in [0.5, 0.6) is 0 Å². The van der Waals surface area contributed by atoms with Crippen LogP contribution in [0, 0.1) is 0 Å². The maximum atomic E-state index is 12.4. The number of likely N-dealkylation sites (tertiary alicyclic amines) is 1. The van der Waals surface area contributed by atoms with E-state index < -0.39 is 0 Å². The number of carbonyl (C=O) groups excluding carboxylic acids is 1. The van der Waals surface area contributed by atoms with E-state index in [2.05, 4.69) is 14.9 Å². The Morgan fingerprint density at radius 3 is 2.91 bits per heavy atom. The minimum absolute atomic E-state index is 0.268. The van der Waals surface area contributed by atoms with Crippen LogP contribution in [0.1, 0.15) is 25.0 Å². The van der Waals surface area contributed by atoms with Crippen LogP contribution in [-0.2, 0) is 16.0 Å². The van der Waals surface area contributed by atoms with Gasteiger partial charge >= 0.3 is 0 Å². The van der Waals surface area contributed by atoms with Crippen molar-refractivity contribution in [1.29, 1.82) is 0 Å². The van der Waals surface area contributed by atoms with Crippen LogP contribution in [0.3, 0.4) is 0 Å². The fourth-order valence-electron chi connectivity index (χ4n) is 3.18. The molecule has 1 atom stereocenters. The quantitative estimate of drug-likeness (QED) is 0.803. The average molecular weight is 304 g/mol. The fraction of sp³-hybridized carbons (Fsp3) is 0.688. The molecule has 3 heterocycles. The fourth-order valence-corrected chi connectivity index (χ4v) is 3.18. The van der Waals surface area contributed by atoms with Gasteiger partial charge in [-0.1, -0.05) is 0 Å². The maximum absolute atomic E-state index is 12.4. The molecule has 0 N–H and O–H groups in total. The lowest BCUT2D eigenvalue weighted by atomic mass is 10.1. The van der Waals surface area contributed by atoms with Crippen molar-refractivity contribution in [2.24, 2.45) is 0 Å². The van der Waals surface area contributed by atoms with Gasteiger partial charge in [-0.15, -0.1) is 0 Å². The predicted molar refractivity (Wildman–Crippen MR) is 82.3 cm³/mol. The molecule has 1 amide bonds. The molecule has 1 unspecified atom stereocenters. The molecule has 0 aromatic carbocycles. The van der Waals surface area contributed by atoms with Gasteiger partial charge in [0.25, 0.3) is 0 Å². The molecule has 0 spiro atoms. The molecule has 6 heteroatoms. The Morgan fingerprint density at radius 2 is 2.14 bits per heavy atom. The molecule has 2 aliphatic rings. The molecule has 0 bridgehead atoms. The molecule has 120 valence electrons. The van der Waals surface area contributed by atoms with E-state index in [1.54, 1.807) is 12.4 Å². The van der Waals surface area contributed by atoms with Crippen molar-refractivity contribution in [2.75, 3.05) is 39.4 Å². The monoisotopic (exact) mass is 304 g/mol. The summed E-state index contributed by atoms with van der Waals surface area (Å²) >= 11 is 0. The topological polar surface area (TPSA) is 58.6 Å². The summed E-state index contributed by atoms with van der Waals surface area (Å²) < 4.78 is 5.61. The molecule has 2 aliphatic heterocycles. The highest BCUT2D eigenvalue weighted by Gasteiger charge is 2.27. The van der Waals surface area contributed by atoms with Gasteiger partial charge in [0.1, 0.15) is 0 Å². The average Bonchev–Trinajstić information content (AvgIpc) is 3.10. The van der Waals surface area contributed by atoms with Gasteiger partial charge in [-0.25, -0.2) is 0 Å². The van der Waals surface area contributed by atoms with Crippen LogP contribution in [-0.4, -0.2) is 71.1 Å². The molecule has 0 aliphatic carbocycles. The normalized spacial score (nSPS) is 22.9. The van der Waals surface area contributed by atoms with Gasteiger partial charge in [0.15, 0.2) is 0 Å². The SMILES string of the molecule is O=C(CN1CCOCC1CCc1cnccn1)N1CCCC1. The summed E-state index contributed by atoms with van der Waals surface area (Å²) in [5, 5.41) is 0. The standard InChI is InChI=1S/C16H24N4O2/c21-16(19-7-1-2-8-19)12-20-9-10-22-13-15(20)4-3-14-11-17-5-6-18-14/h5-6,11,15H,1-4,7-10,12-13H2. The summed E-state index contributed by atoms with van der Waals surface area (Å²) in [6.07, 6.45) is 9.33. The predicted octanol–water partition coefficient (Wildman–Crippen LogP) is 0.732. The Balaban J connectivity index is 1.53. The Kier molecular flexibility index (Phi) is 5.34. The summed E-state index contributed by atoms with van der Waals surface area (Å²) in [6, 6.07) is 0.294. The van der Waals surface area contributed by atoms with E-state index in [-0.39, 0.29) is 5.91 Å². The summed E-state index contributed by atoms with van der Waals surface area (Å²) in [5.74, 6) is 0.268. The maximum Gasteiger partial charge on any atom is 0.236 e. The number of hydrogen-bond donors (Lipinski definition) is 0. The Hall–Kier alpha value is -1.53. The lowest BCUT2D eigenvalue weighted by Gasteiger charge is -2.36. The first kappa shape index (κ1) is 15.4. The molecule has 1 aromatic heterocycles. The van der Waals surface area contributed by atoms with E-state index in [4.69, 9.17) is 4.74 Å². The summed E-state index contributed by atoms with van der Waals surface area (Å²) in [7, 11) is 0. The molecule has 6 nitrogen and oxygen atoms in total. The minimum atomic E-state index is 0.268. The number of amides is 1. The van der Waals surface area contributed by atoms with E-state index in [0.29, 0.717) is 19.2 Å². The van der Waals surface area contributed by atoms with Gasteiger partial charge in [-0.2, -0.15) is 0 Å². The van der Waals surface area contributed by atoms with Gasteiger partial charge in [-0.3, -0.25) is 19.7 Å². The largest absolute Gasteiger partial charge is 0.378 e. The highest BCUT2D eigenvalue weighted by molar-refractivity contribution is 5.78. The van der Waals surface area contributed by atoms with Crippen LogP contribution < -0.4 is 0 Å². The number of rotatable bonds is 5. The van der Waals surface area contributed by atoms with Crippen LogP contribution in [0.15, 0.2) is 18.6 Å². The smallest absolute Gasteiger partial charge is 0.236 e. The number of aryl methyl sites for hydroxylation is 1. The zero-order chi connectivity index (χ0) is 15.2. The van der Waals surface area contributed by atoms with Crippen molar-refractivity contribution < 1.29 is 9.53 Å². The molecule has 3 rings (SSSR count). The van der Waals surface area contributed by atoms with Gasteiger partial charge < -0.3 is 9.64 Å². The van der Waals surface area contributed by atoms with Crippen molar-refractivity contribution in [3.63, 3.8) is 0 Å². The first-order valence-electron chi connectivity index (χ1n) is 8.17. The first-order chi connectivity index (χ1) is 10.8. The number of carbonyl (C=O) groups is 1. The third-order valence-corrected chi connectivity index (χ3v) is 4.50. The molecule has 22 heavy (non-hydrogen) atoms. The van der Waals surface area contributed by atoms with Crippen molar-refractivity contribution >= 4 is 5.91 Å². The highest BCUT2D eigenvalue weighted by Crippen LogP contribution is 2.15. The lowest BCUT2D eigenvalue weighted by Crippen LogP contribution is -2.50. The summed E-state index contributed by atoms with van der Waals surface area (Å²) in [6.45, 7) is 4.63. The number of hydrogen-bond acceptors (Lipinski definition) is 5. The van der Waals surface area contributed by atoms with E-state index >= 15 is 0 Å². The van der Waals surface area contributed by atoms with E-state index in [1.165, 1.54) is 0 Å². The zero-order valence-corrected chi connectivity index (χ0v) is 13.0. The van der Waals surface area contributed by atoms with E-state index in [1.807, 2.05) is 11.1 Å². The van der Waals surface area contributed by atoms with Crippen LogP contribution in [0.4, 0.5) is 0 Å². The van der Waals surface area contributed by atoms with Gasteiger partial charge in [-0.05, 0) is 25.7 Å². The second-order valence-electron chi connectivity index (χ2n) is 6.02. The Bertz CT molecular complexity index is 476. The number of nitrogens with zero attached hydrogens (tertiary/aromatic N) is 4. The zero-order valence-electron chi connectivity index (χ0n) is 13.0. The van der Waals surface area contributed by atoms with Gasteiger partial charge in [0.05, 0.1) is 25.5 Å². The van der Waals surface area contributed by atoms with E-state index in [9.17, 15) is 4.79 Å². The highest BCUT2D eigenvalue weighted by atomic mass is 16.5. The molecule has 2 fully saturated rings. The van der Waals surface area contributed by atoms with Crippen LogP contribution in [0.2, 0.25) is 0 Å². The third kappa shape index (κ3) is 4.01. The number of ether oxygens (including phenoxy) is 1. The minimum Gasteiger partial charge on any atom is -0.378 e. The number of aromatic nitrogens is 2. The second kappa shape index (κ2) is 7.65. The molecular weight excluding hydrogens is 280 g/mol.